The van der Waals surface area contributed by atoms with E-state index >= 15 is 0 Å². The second-order valence-electron chi connectivity index (χ2n) is 6.36. The lowest BCUT2D eigenvalue weighted by molar-refractivity contribution is 0.545. The van der Waals surface area contributed by atoms with Crippen LogP contribution in [0.1, 0.15) is 37.1 Å². The number of benzene rings is 1. The predicted molar refractivity (Wildman–Crippen MR) is 85.0 cm³/mol. The highest BCUT2D eigenvalue weighted by Crippen LogP contribution is 2.34. The van der Waals surface area contributed by atoms with Gasteiger partial charge in [0.15, 0.2) is 0 Å². The molecule has 0 spiro atoms. The number of imidazole rings is 1. The zero-order valence-corrected chi connectivity index (χ0v) is 12.5. The summed E-state index contributed by atoms with van der Waals surface area (Å²) in [7, 11) is 0. The molecule has 110 valence electrons. The fourth-order valence-corrected chi connectivity index (χ4v) is 3.36. The average Bonchev–Trinajstić information content (AvgIpc) is 3.29. The Bertz CT molecular complexity index is 611. The highest BCUT2D eigenvalue weighted by atomic mass is 15.1. The molecule has 1 aliphatic heterocycles. The van der Waals surface area contributed by atoms with Gasteiger partial charge in [0.05, 0.1) is 5.69 Å². The average molecular weight is 281 g/mol. The van der Waals surface area contributed by atoms with Crippen LogP contribution in [0.4, 0.5) is 0 Å². The highest BCUT2D eigenvalue weighted by Gasteiger charge is 2.23. The standard InChI is InChI=1S/C18H23N3/c1-2-6-15(7-3-1)18-20-16-13-19-11-10-17(16)21(18)12-4-5-14-8-9-14/h1-3,6-7,14,19H,4-5,8-13H2. The molecule has 0 atom stereocenters. The van der Waals surface area contributed by atoms with E-state index in [1.165, 1.54) is 48.5 Å². The third-order valence-corrected chi connectivity index (χ3v) is 4.71. The first-order valence-electron chi connectivity index (χ1n) is 8.26. The van der Waals surface area contributed by atoms with E-state index in [0.29, 0.717) is 0 Å². The maximum Gasteiger partial charge on any atom is 0.140 e. The molecule has 3 heteroatoms. The summed E-state index contributed by atoms with van der Waals surface area (Å²) >= 11 is 0. The molecule has 2 heterocycles. The van der Waals surface area contributed by atoms with Crippen molar-refractivity contribution in [3.8, 4) is 11.4 Å². The van der Waals surface area contributed by atoms with Crippen molar-refractivity contribution in [1.82, 2.24) is 14.9 Å². The number of rotatable bonds is 5. The van der Waals surface area contributed by atoms with Gasteiger partial charge in [-0.15, -0.1) is 0 Å². The van der Waals surface area contributed by atoms with Crippen LogP contribution in [0.3, 0.4) is 0 Å². The van der Waals surface area contributed by atoms with Crippen molar-refractivity contribution in [2.24, 2.45) is 5.92 Å². The van der Waals surface area contributed by atoms with Crippen LogP contribution >= 0.6 is 0 Å². The molecule has 0 amide bonds. The number of nitrogens with zero attached hydrogens (tertiary/aromatic N) is 2. The summed E-state index contributed by atoms with van der Waals surface area (Å²) in [6.07, 6.45) is 6.70. The van der Waals surface area contributed by atoms with Crippen molar-refractivity contribution in [1.29, 1.82) is 0 Å². The molecule has 1 aliphatic carbocycles. The number of nitrogens with one attached hydrogen (secondary N) is 1. The number of hydrogen-bond acceptors (Lipinski definition) is 2. The molecule has 4 rings (SSSR count). The Labute approximate surface area is 126 Å². The quantitative estimate of drug-likeness (QED) is 0.910. The van der Waals surface area contributed by atoms with Crippen molar-refractivity contribution >= 4 is 0 Å². The minimum atomic E-state index is 0.921. The summed E-state index contributed by atoms with van der Waals surface area (Å²) in [6, 6.07) is 10.6. The zero-order chi connectivity index (χ0) is 14.1. The Morgan fingerprint density at radius 3 is 2.86 bits per heavy atom. The topological polar surface area (TPSA) is 29.9 Å². The summed E-state index contributed by atoms with van der Waals surface area (Å²) in [5, 5.41) is 3.44. The minimum absolute atomic E-state index is 0.921. The third-order valence-electron chi connectivity index (χ3n) is 4.71. The van der Waals surface area contributed by atoms with Gasteiger partial charge in [-0.2, -0.15) is 0 Å². The van der Waals surface area contributed by atoms with E-state index in [4.69, 9.17) is 4.98 Å². The molecular weight excluding hydrogens is 258 g/mol. The molecule has 1 aromatic carbocycles. The van der Waals surface area contributed by atoms with Crippen molar-refractivity contribution in [3.05, 3.63) is 41.7 Å². The van der Waals surface area contributed by atoms with Gasteiger partial charge >= 0.3 is 0 Å². The largest absolute Gasteiger partial charge is 0.328 e. The van der Waals surface area contributed by atoms with Crippen LogP contribution in [-0.4, -0.2) is 16.1 Å². The first-order valence-corrected chi connectivity index (χ1v) is 8.26. The summed E-state index contributed by atoms with van der Waals surface area (Å²) in [6.45, 7) is 3.13. The van der Waals surface area contributed by atoms with Gasteiger partial charge in [-0.3, -0.25) is 0 Å². The van der Waals surface area contributed by atoms with Gasteiger partial charge in [0.2, 0.25) is 0 Å². The van der Waals surface area contributed by atoms with Crippen molar-refractivity contribution in [2.45, 2.75) is 45.2 Å². The first kappa shape index (κ1) is 13.1. The highest BCUT2D eigenvalue weighted by molar-refractivity contribution is 5.57. The molecule has 0 saturated heterocycles. The Morgan fingerprint density at radius 1 is 1.19 bits per heavy atom. The fourth-order valence-electron chi connectivity index (χ4n) is 3.36. The van der Waals surface area contributed by atoms with Crippen molar-refractivity contribution in [2.75, 3.05) is 6.54 Å². The Morgan fingerprint density at radius 2 is 2.05 bits per heavy atom. The molecule has 2 aromatic rings. The van der Waals surface area contributed by atoms with Crippen LogP contribution in [-0.2, 0) is 19.5 Å². The van der Waals surface area contributed by atoms with E-state index in [-0.39, 0.29) is 0 Å². The van der Waals surface area contributed by atoms with Gasteiger partial charge in [-0.1, -0.05) is 43.2 Å². The van der Waals surface area contributed by atoms with Crippen LogP contribution in [0.5, 0.6) is 0 Å². The minimum Gasteiger partial charge on any atom is -0.328 e. The van der Waals surface area contributed by atoms with Gasteiger partial charge in [-0.05, 0) is 18.8 Å². The third kappa shape index (κ3) is 2.75. The van der Waals surface area contributed by atoms with Crippen molar-refractivity contribution in [3.63, 3.8) is 0 Å². The zero-order valence-electron chi connectivity index (χ0n) is 12.5. The number of aromatic nitrogens is 2. The van der Waals surface area contributed by atoms with Crippen LogP contribution < -0.4 is 5.32 Å². The van der Waals surface area contributed by atoms with E-state index in [2.05, 4.69) is 40.2 Å². The Kier molecular flexibility index (Phi) is 3.52. The van der Waals surface area contributed by atoms with Gasteiger partial charge in [0.1, 0.15) is 5.82 Å². The SMILES string of the molecule is c1ccc(-c2nc3c(n2CCCC2CC2)CCNC3)cc1. The Hall–Kier alpha value is -1.61. The maximum atomic E-state index is 4.93. The molecule has 2 aliphatic rings. The first-order chi connectivity index (χ1) is 10.4. The molecule has 3 nitrogen and oxygen atoms in total. The molecule has 1 N–H and O–H groups in total. The van der Waals surface area contributed by atoms with Gasteiger partial charge < -0.3 is 9.88 Å². The second kappa shape index (κ2) is 5.64. The van der Waals surface area contributed by atoms with E-state index in [1.807, 2.05) is 0 Å². The molecule has 0 unspecified atom stereocenters. The molecular formula is C18H23N3. The van der Waals surface area contributed by atoms with Gasteiger partial charge in [0.25, 0.3) is 0 Å². The molecule has 1 fully saturated rings. The molecule has 21 heavy (non-hydrogen) atoms. The van der Waals surface area contributed by atoms with Crippen LogP contribution in [0.25, 0.3) is 11.4 Å². The maximum absolute atomic E-state index is 4.93. The van der Waals surface area contributed by atoms with Gasteiger partial charge in [-0.25, -0.2) is 4.98 Å². The molecule has 0 radical (unpaired) electrons. The lowest BCUT2D eigenvalue weighted by atomic mass is 10.1. The van der Waals surface area contributed by atoms with Crippen LogP contribution in [0.15, 0.2) is 30.3 Å². The van der Waals surface area contributed by atoms with Crippen LogP contribution in [0.2, 0.25) is 0 Å². The second-order valence-corrected chi connectivity index (χ2v) is 6.36. The van der Waals surface area contributed by atoms with E-state index in [1.54, 1.807) is 0 Å². The normalized spacial score (nSPS) is 17.7. The monoisotopic (exact) mass is 281 g/mol. The fraction of sp³-hybridized carbons (Fsp3) is 0.500. The summed E-state index contributed by atoms with van der Waals surface area (Å²) in [5.74, 6) is 2.19. The lowest BCUT2D eigenvalue weighted by Crippen LogP contribution is -2.25. The van der Waals surface area contributed by atoms with Crippen molar-refractivity contribution < 1.29 is 0 Å². The van der Waals surface area contributed by atoms with E-state index < -0.39 is 0 Å². The smallest absolute Gasteiger partial charge is 0.140 e. The van der Waals surface area contributed by atoms with E-state index in [0.717, 1.165) is 32.0 Å². The number of hydrogen-bond donors (Lipinski definition) is 1. The van der Waals surface area contributed by atoms with E-state index in [9.17, 15) is 0 Å². The Balaban J connectivity index is 1.65. The number of fused-ring (bicyclic) bond motifs is 1. The van der Waals surface area contributed by atoms with Crippen LogP contribution in [0, 0.1) is 5.92 Å². The van der Waals surface area contributed by atoms with Gasteiger partial charge in [0, 0.05) is 37.3 Å². The lowest BCUT2D eigenvalue weighted by Gasteiger charge is -2.16. The summed E-state index contributed by atoms with van der Waals surface area (Å²) in [4.78, 5) is 4.93. The predicted octanol–water partition coefficient (Wildman–Crippen LogP) is 3.39. The summed E-state index contributed by atoms with van der Waals surface area (Å²) in [5.41, 5.74) is 3.97. The molecule has 0 bridgehead atoms. The molecule has 1 aromatic heterocycles. The molecule has 1 saturated carbocycles. The summed E-state index contributed by atoms with van der Waals surface area (Å²) < 4.78 is 2.49.